The van der Waals surface area contributed by atoms with Gasteiger partial charge in [-0.2, -0.15) is 5.10 Å². The number of nitrogens with one attached hydrogen (secondary N) is 1. The number of carbonyl (C=O) groups is 1. The summed E-state index contributed by atoms with van der Waals surface area (Å²) in [4.78, 5) is 14.6. The molecular weight excluding hydrogens is 328 g/mol. The zero-order valence-electron chi connectivity index (χ0n) is 14.9. The highest BCUT2D eigenvalue weighted by Crippen LogP contribution is 2.23. The second-order valence-corrected chi connectivity index (χ2v) is 6.28. The van der Waals surface area contributed by atoms with Gasteiger partial charge < -0.3 is 10.5 Å². The molecule has 0 radical (unpaired) electrons. The van der Waals surface area contributed by atoms with Crippen molar-refractivity contribution in [3.63, 3.8) is 0 Å². The first-order valence-corrected chi connectivity index (χ1v) is 8.72. The van der Waals surface area contributed by atoms with E-state index in [0.717, 1.165) is 24.4 Å². The number of hydrazone groups is 1. The highest BCUT2D eigenvalue weighted by Gasteiger charge is 2.25. The molecule has 3 N–H and O–H groups in total. The van der Waals surface area contributed by atoms with Crippen LogP contribution < -0.4 is 11.2 Å². The average molecular weight is 352 g/mol. The summed E-state index contributed by atoms with van der Waals surface area (Å²) in [6.07, 6.45) is 0. The molecule has 2 aromatic carbocycles. The van der Waals surface area contributed by atoms with Crippen LogP contribution in [-0.2, 0) is 4.74 Å². The second kappa shape index (κ2) is 8.60. The number of morpholine rings is 1. The number of nitrogen functional groups attached to an aromatic ring is 1. The number of anilines is 1. The zero-order valence-corrected chi connectivity index (χ0v) is 14.9. The Morgan fingerprint density at radius 1 is 1.12 bits per heavy atom. The van der Waals surface area contributed by atoms with Gasteiger partial charge in [-0.15, -0.1) is 0 Å². The van der Waals surface area contributed by atoms with Gasteiger partial charge in [0.05, 0.1) is 25.0 Å². The van der Waals surface area contributed by atoms with Crippen molar-refractivity contribution in [3.05, 3.63) is 65.7 Å². The van der Waals surface area contributed by atoms with Crippen molar-refractivity contribution in [1.82, 2.24) is 10.3 Å². The minimum atomic E-state index is -0.252. The molecule has 2 aromatic rings. The van der Waals surface area contributed by atoms with Crippen LogP contribution in [0.5, 0.6) is 0 Å². The number of hydrogen-bond donors (Lipinski definition) is 2. The third-order valence-electron chi connectivity index (χ3n) is 4.43. The SMILES string of the molecule is C/C(=N/NC(=O)c1ccc(N)cc1)[C@H](c1ccccc1)N1CCOCC1. The van der Waals surface area contributed by atoms with Crippen molar-refractivity contribution >= 4 is 17.3 Å². The summed E-state index contributed by atoms with van der Waals surface area (Å²) in [7, 11) is 0. The first-order chi connectivity index (χ1) is 12.6. The summed E-state index contributed by atoms with van der Waals surface area (Å²) < 4.78 is 5.47. The number of carbonyl (C=O) groups excluding carboxylic acids is 1. The number of ether oxygens (including phenoxy) is 1. The van der Waals surface area contributed by atoms with E-state index < -0.39 is 0 Å². The van der Waals surface area contributed by atoms with Crippen LogP contribution in [0, 0.1) is 0 Å². The minimum Gasteiger partial charge on any atom is -0.399 e. The zero-order chi connectivity index (χ0) is 18.4. The molecule has 6 heteroatoms. The Morgan fingerprint density at radius 2 is 1.77 bits per heavy atom. The Bertz CT molecular complexity index is 753. The van der Waals surface area contributed by atoms with Crippen LogP contribution in [0.3, 0.4) is 0 Å². The molecule has 1 atom stereocenters. The lowest BCUT2D eigenvalue weighted by molar-refractivity contribution is 0.0285. The Balaban J connectivity index is 1.77. The Kier molecular flexibility index (Phi) is 5.99. The standard InChI is InChI=1S/C20H24N4O2/c1-15(22-23-20(25)17-7-9-18(21)10-8-17)19(16-5-3-2-4-6-16)24-11-13-26-14-12-24/h2-10,19H,11-14,21H2,1H3,(H,23,25)/b22-15-/t19-/m1/s1. The van der Waals surface area contributed by atoms with Crippen LogP contribution in [0.15, 0.2) is 59.7 Å². The van der Waals surface area contributed by atoms with Crippen molar-refractivity contribution in [2.45, 2.75) is 13.0 Å². The van der Waals surface area contributed by atoms with Gasteiger partial charge in [0.1, 0.15) is 0 Å². The summed E-state index contributed by atoms with van der Waals surface area (Å²) in [6, 6.07) is 17.0. The van der Waals surface area contributed by atoms with E-state index >= 15 is 0 Å². The molecular formula is C20H24N4O2. The van der Waals surface area contributed by atoms with Gasteiger partial charge in [0, 0.05) is 24.3 Å². The van der Waals surface area contributed by atoms with Crippen LogP contribution in [0.1, 0.15) is 28.9 Å². The lowest BCUT2D eigenvalue weighted by Gasteiger charge is -2.34. The maximum atomic E-state index is 12.3. The Labute approximate surface area is 153 Å². The summed E-state index contributed by atoms with van der Waals surface area (Å²) >= 11 is 0. The molecule has 1 fully saturated rings. The predicted octanol–water partition coefficient (Wildman–Crippen LogP) is 2.45. The van der Waals surface area contributed by atoms with Crippen LogP contribution in [-0.4, -0.2) is 42.8 Å². The van der Waals surface area contributed by atoms with Crippen LogP contribution in [0.25, 0.3) is 0 Å². The lowest BCUT2D eigenvalue weighted by atomic mass is 10.0. The van der Waals surface area contributed by atoms with Gasteiger partial charge in [-0.05, 0) is 36.8 Å². The van der Waals surface area contributed by atoms with Crippen molar-refractivity contribution in [2.24, 2.45) is 5.10 Å². The van der Waals surface area contributed by atoms with Crippen molar-refractivity contribution in [3.8, 4) is 0 Å². The Hall–Kier alpha value is -2.70. The number of nitrogens with zero attached hydrogens (tertiary/aromatic N) is 2. The van der Waals surface area contributed by atoms with E-state index in [-0.39, 0.29) is 11.9 Å². The molecule has 0 bridgehead atoms. The van der Waals surface area contributed by atoms with Crippen LogP contribution in [0.4, 0.5) is 5.69 Å². The number of hydrogen-bond acceptors (Lipinski definition) is 5. The van der Waals surface area contributed by atoms with Gasteiger partial charge in [-0.3, -0.25) is 9.69 Å². The molecule has 1 saturated heterocycles. The van der Waals surface area contributed by atoms with Crippen LogP contribution >= 0.6 is 0 Å². The van der Waals surface area contributed by atoms with Gasteiger partial charge in [0.2, 0.25) is 0 Å². The molecule has 26 heavy (non-hydrogen) atoms. The maximum Gasteiger partial charge on any atom is 0.271 e. The third-order valence-corrected chi connectivity index (χ3v) is 4.43. The molecule has 0 saturated carbocycles. The topological polar surface area (TPSA) is 80.0 Å². The maximum absolute atomic E-state index is 12.3. The molecule has 1 amide bonds. The van der Waals surface area contributed by atoms with Gasteiger partial charge in [0.25, 0.3) is 5.91 Å². The minimum absolute atomic E-state index is 0.00631. The van der Waals surface area contributed by atoms with Crippen molar-refractivity contribution in [1.29, 1.82) is 0 Å². The van der Waals surface area contributed by atoms with E-state index in [1.54, 1.807) is 24.3 Å². The van der Waals surface area contributed by atoms with Gasteiger partial charge in [-0.1, -0.05) is 30.3 Å². The summed E-state index contributed by atoms with van der Waals surface area (Å²) in [6.45, 7) is 5.01. The second-order valence-electron chi connectivity index (χ2n) is 6.28. The average Bonchev–Trinajstić information content (AvgIpc) is 2.68. The Morgan fingerprint density at radius 3 is 2.42 bits per heavy atom. The van der Waals surface area contributed by atoms with Gasteiger partial charge >= 0.3 is 0 Å². The summed E-state index contributed by atoms with van der Waals surface area (Å²) in [5.41, 5.74) is 11.5. The molecule has 6 nitrogen and oxygen atoms in total. The number of nitrogens with two attached hydrogens (primary N) is 1. The molecule has 3 rings (SSSR count). The molecule has 0 unspecified atom stereocenters. The highest BCUT2D eigenvalue weighted by molar-refractivity contribution is 5.96. The molecule has 0 aromatic heterocycles. The number of benzene rings is 2. The number of rotatable bonds is 5. The van der Waals surface area contributed by atoms with Crippen molar-refractivity contribution < 1.29 is 9.53 Å². The lowest BCUT2D eigenvalue weighted by Crippen LogP contribution is -2.42. The normalized spacial score (nSPS) is 16.9. The molecule has 0 aliphatic carbocycles. The van der Waals surface area contributed by atoms with Crippen LogP contribution in [0.2, 0.25) is 0 Å². The fourth-order valence-electron chi connectivity index (χ4n) is 3.09. The van der Waals surface area contributed by atoms with E-state index in [0.29, 0.717) is 24.5 Å². The summed E-state index contributed by atoms with van der Waals surface area (Å²) in [5, 5.41) is 4.38. The largest absolute Gasteiger partial charge is 0.399 e. The smallest absolute Gasteiger partial charge is 0.271 e. The monoisotopic (exact) mass is 352 g/mol. The molecule has 1 aliphatic rings. The van der Waals surface area contributed by atoms with E-state index in [9.17, 15) is 4.79 Å². The quantitative estimate of drug-likeness (QED) is 0.492. The molecule has 1 aliphatic heterocycles. The molecule has 0 spiro atoms. The third kappa shape index (κ3) is 4.47. The molecule has 136 valence electrons. The van der Waals surface area contributed by atoms with Gasteiger partial charge in [0.15, 0.2) is 0 Å². The van der Waals surface area contributed by atoms with E-state index in [1.807, 2.05) is 25.1 Å². The fraction of sp³-hybridized carbons (Fsp3) is 0.300. The summed E-state index contributed by atoms with van der Waals surface area (Å²) in [5.74, 6) is -0.252. The van der Waals surface area contributed by atoms with E-state index in [1.165, 1.54) is 0 Å². The fourth-order valence-corrected chi connectivity index (χ4v) is 3.09. The first kappa shape index (κ1) is 18.1. The first-order valence-electron chi connectivity index (χ1n) is 8.72. The van der Waals surface area contributed by atoms with Crippen molar-refractivity contribution in [2.75, 3.05) is 32.0 Å². The van der Waals surface area contributed by atoms with E-state index in [2.05, 4.69) is 27.6 Å². The predicted molar refractivity (Wildman–Crippen MR) is 103 cm³/mol. The molecule has 1 heterocycles. The highest BCUT2D eigenvalue weighted by atomic mass is 16.5. The number of amides is 1. The van der Waals surface area contributed by atoms with Gasteiger partial charge in [-0.25, -0.2) is 5.43 Å². The van der Waals surface area contributed by atoms with E-state index in [4.69, 9.17) is 10.5 Å².